The molecule has 1 aromatic heterocycles. The molecule has 0 amide bonds. The highest BCUT2D eigenvalue weighted by molar-refractivity contribution is 5.18. The maximum absolute atomic E-state index is 12.1. The molecule has 1 unspecified atom stereocenters. The number of halogens is 3. The number of hydrogen-bond acceptors (Lipinski definition) is 4. The van der Waals surface area contributed by atoms with E-state index >= 15 is 0 Å². The Hall–Kier alpha value is -1.89. The van der Waals surface area contributed by atoms with Crippen LogP contribution in [0.1, 0.15) is 23.4 Å². The molecule has 2 aromatic rings. The zero-order chi connectivity index (χ0) is 13.9. The first-order valence-electron chi connectivity index (χ1n) is 5.55. The Morgan fingerprint density at radius 2 is 1.89 bits per heavy atom. The van der Waals surface area contributed by atoms with E-state index in [9.17, 15) is 18.3 Å². The van der Waals surface area contributed by atoms with Gasteiger partial charge in [0.2, 0.25) is 5.89 Å². The van der Waals surface area contributed by atoms with Crippen molar-refractivity contribution in [2.24, 2.45) is 0 Å². The van der Waals surface area contributed by atoms with Gasteiger partial charge in [-0.15, -0.1) is 0 Å². The molecule has 1 aromatic carbocycles. The second-order valence-electron chi connectivity index (χ2n) is 4.03. The van der Waals surface area contributed by atoms with Crippen LogP contribution in [0.25, 0.3) is 0 Å². The van der Waals surface area contributed by atoms with Crippen LogP contribution in [-0.4, -0.2) is 21.4 Å². The van der Waals surface area contributed by atoms with Crippen molar-refractivity contribution in [2.75, 3.05) is 0 Å². The first-order valence-corrected chi connectivity index (χ1v) is 5.55. The highest BCUT2D eigenvalue weighted by atomic mass is 19.4. The molecule has 0 saturated heterocycles. The molecular weight excluding hydrogens is 261 g/mol. The molecule has 1 N–H and O–H groups in total. The van der Waals surface area contributed by atoms with Crippen molar-refractivity contribution in [1.82, 2.24) is 10.1 Å². The number of hydrogen-bond donors (Lipinski definition) is 1. The molecule has 0 aliphatic heterocycles. The van der Waals surface area contributed by atoms with Crippen LogP contribution in [0.3, 0.4) is 0 Å². The smallest absolute Gasteiger partial charge is 0.388 e. The molecule has 0 fully saturated rings. The third-order valence-corrected chi connectivity index (χ3v) is 2.42. The van der Waals surface area contributed by atoms with Gasteiger partial charge in [0.05, 0.1) is 12.5 Å². The monoisotopic (exact) mass is 272 g/mol. The van der Waals surface area contributed by atoms with E-state index < -0.39 is 24.5 Å². The molecule has 19 heavy (non-hydrogen) atoms. The fraction of sp³-hybridized carbons (Fsp3) is 0.333. The van der Waals surface area contributed by atoms with Crippen LogP contribution in [0.5, 0.6) is 0 Å². The Morgan fingerprint density at radius 3 is 2.53 bits per heavy atom. The van der Waals surface area contributed by atoms with Crippen molar-refractivity contribution < 1.29 is 22.8 Å². The summed E-state index contributed by atoms with van der Waals surface area (Å²) in [6.45, 7) is 0. The third kappa shape index (κ3) is 4.06. The molecule has 0 aliphatic rings. The Labute approximate surface area is 106 Å². The molecule has 1 atom stereocenters. The summed E-state index contributed by atoms with van der Waals surface area (Å²) in [5, 5.41) is 13.1. The van der Waals surface area contributed by atoms with Gasteiger partial charge in [-0.05, 0) is 5.56 Å². The molecule has 2 rings (SSSR count). The van der Waals surface area contributed by atoms with Gasteiger partial charge in [0.1, 0.15) is 6.42 Å². The lowest BCUT2D eigenvalue weighted by molar-refractivity contribution is -0.128. The number of aromatic nitrogens is 2. The molecule has 0 saturated carbocycles. The van der Waals surface area contributed by atoms with Crippen molar-refractivity contribution in [3.63, 3.8) is 0 Å². The highest BCUT2D eigenvalue weighted by Gasteiger charge is 2.30. The number of rotatable bonds is 4. The lowest BCUT2D eigenvalue weighted by Gasteiger charge is -2.07. The Bertz CT molecular complexity index is 525. The van der Waals surface area contributed by atoms with E-state index in [1.54, 1.807) is 30.3 Å². The summed E-state index contributed by atoms with van der Waals surface area (Å²) in [6, 6.07) is 8.71. The lowest BCUT2D eigenvalue weighted by Crippen LogP contribution is -2.12. The normalized spacial score (nSPS) is 13.5. The van der Waals surface area contributed by atoms with Gasteiger partial charge in [-0.3, -0.25) is 0 Å². The van der Waals surface area contributed by atoms with Gasteiger partial charge in [0.25, 0.3) is 0 Å². The third-order valence-electron chi connectivity index (χ3n) is 2.42. The number of aliphatic hydroxyl groups is 1. The van der Waals surface area contributed by atoms with Crippen molar-refractivity contribution in [2.45, 2.75) is 25.1 Å². The van der Waals surface area contributed by atoms with Crippen LogP contribution in [0.15, 0.2) is 34.9 Å². The van der Waals surface area contributed by atoms with Gasteiger partial charge in [0, 0.05) is 0 Å². The molecule has 1 heterocycles. The van der Waals surface area contributed by atoms with Gasteiger partial charge in [-0.1, -0.05) is 35.5 Å². The number of benzene rings is 1. The summed E-state index contributed by atoms with van der Waals surface area (Å²) >= 11 is 0. The van der Waals surface area contributed by atoms with E-state index in [1.165, 1.54) is 0 Å². The minimum absolute atomic E-state index is 0.0180. The van der Waals surface area contributed by atoms with E-state index in [4.69, 9.17) is 0 Å². The van der Waals surface area contributed by atoms with Crippen molar-refractivity contribution in [3.8, 4) is 0 Å². The van der Waals surface area contributed by atoms with Crippen molar-refractivity contribution >= 4 is 0 Å². The number of aliphatic hydroxyl groups excluding tert-OH is 1. The summed E-state index contributed by atoms with van der Waals surface area (Å²) in [7, 11) is 0. The van der Waals surface area contributed by atoms with Crippen LogP contribution >= 0.6 is 0 Å². The van der Waals surface area contributed by atoms with E-state index in [1.807, 2.05) is 0 Å². The Kier molecular flexibility index (Phi) is 3.84. The molecule has 0 aliphatic carbocycles. The molecule has 102 valence electrons. The van der Waals surface area contributed by atoms with Crippen molar-refractivity contribution in [1.29, 1.82) is 0 Å². The molecule has 4 nitrogen and oxygen atoms in total. The largest absolute Gasteiger partial charge is 0.396 e. The summed E-state index contributed by atoms with van der Waals surface area (Å²) in [6.07, 6.45) is -6.52. The van der Waals surface area contributed by atoms with Gasteiger partial charge in [-0.2, -0.15) is 18.2 Å². The second-order valence-corrected chi connectivity index (χ2v) is 4.03. The van der Waals surface area contributed by atoms with Crippen molar-refractivity contribution in [3.05, 3.63) is 47.6 Å². The lowest BCUT2D eigenvalue weighted by atomic mass is 10.1. The Morgan fingerprint density at radius 1 is 1.21 bits per heavy atom. The van der Waals surface area contributed by atoms with E-state index in [0.29, 0.717) is 5.56 Å². The predicted octanol–water partition coefficient (Wildman–Crippen LogP) is 2.45. The molecule has 0 spiro atoms. The van der Waals surface area contributed by atoms with Crippen LogP contribution in [0, 0.1) is 0 Å². The quantitative estimate of drug-likeness (QED) is 0.928. The first kappa shape index (κ1) is 13.5. The first-order chi connectivity index (χ1) is 8.94. The van der Waals surface area contributed by atoms with Gasteiger partial charge < -0.3 is 9.63 Å². The molecule has 0 bridgehead atoms. The van der Waals surface area contributed by atoms with E-state index in [0.717, 1.165) is 0 Å². The molecular formula is C12H11F3N2O2. The van der Waals surface area contributed by atoms with Crippen LogP contribution in [0.4, 0.5) is 13.2 Å². The van der Waals surface area contributed by atoms with E-state index in [2.05, 4.69) is 14.7 Å². The van der Waals surface area contributed by atoms with Gasteiger partial charge in [0.15, 0.2) is 5.82 Å². The average Bonchev–Trinajstić information content (AvgIpc) is 2.75. The zero-order valence-corrected chi connectivity index (χ0v) is 9.76. The van der Waals surface area contributed by atoms with Gasteiger partial charge >= 0.3 is 6.18 Å². The summed E-state index contributed by atoms with van der Waals surface area (Å²) in [4.78, 5) is 3.60. The molecule has 7 heteroatoms. The predicted molar refractivity (Wildman–Crippen MR) is 59.2 cm³/mol. The zero-order valence-electron chi connectivity index (χ0n) is 9.76. The summed E-state index contributed by atoms with van der Waals surface area (Å²) in [5.41, 5.74) is 0.637. The SMILES string of the molecule is OC(Cc1nc(CC(F)(F)F)no1)c1ccccc1. The van der Waals surface area contributed by atoms with Gasteiger partial charge in [-0.25, -0.2) is 0 Å². The minimum atomic E-state index is -4.38. The van der Waals surface area contributed by atoms with Crippen LogP contribution in [-0.2, 0) is 12.8 Å². The molecule has 0 radical (unpaired) electrons. The highest BCUT2D eigenvalue weighted by Crippen LogP contribution is 2.21. The number of alkyl halides is 3. The fourth-order valence-corrected chi connectivity index (χ4v) is 1.58. The minimum Gasteiger partial charge on any atom is -0.388 e. The topological polar surface area (TPSA) is 59.2 Å². The summed E-state index contributed by atoms with van der Waals surface area (Å²) < 4.78 is 41.0. The van der Waals surface area contributed by atoms with Crippen LogP contribution < -0.4 is 0 Å². The fourth-order valence-electron chi connectivity index (χ4n) is 1.58. The standard InChI is InChI=1S/C12H11F3N2O2/c13-12(14,15)7-10-16-11(19-17-10)6-9(18)8-4-2-1-3-5-8/h1-5,9,18H,6-7H2. The summed E-state index contributed by atoms with van der Waals surface area (Å²) in [5.74, 6) is -0.446. The number of nitrogens with zero attached hydrogens (tertiary/aromatic N) is 2. The maximum Gasteiger partial charge on any atom is 0.396 e. The van der Waals surface area contributed by atoms with E-state index in [-0.39, 0.29) is 12.3 Å². The van der Waals surface area contributed by atoms with Crippen LogP contribution in [0.2, 0.25) is 0 Å². The maximum atomic E-state index is 12.1. The Balaban J connectivity index is 2.00. The second kappa shape index (κ2) is 5.40. The average molecular weight is 272 g/mol.